The minimum atomic E-state index is -0.745. The number of carbonyl (C=O) groups excluding carboxylic acids is 2. The van der Waals surface area contributed by atoms with E-state index >= 15 is 0 Å². The number of nitrogens with zero attached hydrogens (tertiary/aromatic N) is 1. The molecule has 0 atom stereocenters. The van der Waals surface area contributed by atoms with Gasteiger partial charge in [-0.1, -0.05) is 0 Å². The third-order valence-electron chi connectivity index (χ3n) is 2.89. The van der Waals surface area contributed by atoms with Gasteiger partial charge in [0.15, 0.2) is 6.61 Å². The highest BCUT2D eigenvalue weighted by atomic mass is 32.1. The fourth-order valence-corrected chi connectivity index (χ4v) is 2.63. The number of ether oxygens (including phenoxy) is 2. The van der Waals surface area contributed by atoms with E-state index < -0.39 is 34.9 Å². The highest BCUT2D eigenvalue weighted by Crippen LogP contribution is 2.28. The molecule has 25 heavy (non-hydrogen) atoms. The zero-order valence-electron chi connectivity index (χ0n) is 13.0. The van der Waals surface area contributed by atoms with Crippen LogP contribution in [0.5, 0.6) is 5.75 Å². The Bertz CT molecular complexity index is 807. The van der Waals surface area contributed by atoms with Gasteiger partial charge in [0.1, 0.15) is 10.8 Å². The van der Waals surface area contributed by atoms with Crippen LogP contribution in [0.25, 0.3) is 0 Å². The number of benzene rings is 1. The number of amides is 1. The Morgan fingerprint density at radius 3 is 2.80 bits per heavy atom. The molecule has 1 aromatic carbocycles. The number of anilines is 1. The van der Waals surface area contributed by atoms with Gasteiger partial charge in [-0.05, 0) is 24.4 Å². The molecular formula is C15H13FN2O6S. The summed E-state index contributed by atoms with van der Waals surface area (Å²) in [6, 6.07) is 4.18. The van der Waals surface area contributed by atoms with Crippen molar-refractivity contribution in [2.24, 2.45) is 0 Å². The second-order valence-corrected chi connectivity index (χ2v) is 5.51. The van der Waals surface area contributed by atoms with E-state index in [4.69, 9.17) is 9.47 Å². The number of hydrogen-bond donors (Lipinski definition) is 1. The van der Waals surface area contributed by atoms with Gasteiger partial charge in [-0.25, -0.2) is 9.18 Å². The Morgan fingerprint density at radius 2 is 2.12 bits per heavy atom. The summed E-state index contributed by atoms with van der Waals surface area (Å²) in [4.78, 5) is 33.8. The number of nitrogens with one attached hydrogen (secondary N) is 1. The van der Waals surface area contributed by atoms with E-state index in [0.717, 1.165) is 29.5 Å². The van der Waals surface area contributed by atoms with E-state index in [1.54, 1.807) is 12.3 Å². The van der Waals surface area contributed by atoms with E-state index in [9.17, 15) is 24.1 Å². The number of thiophene rings is 1. The molecule has 0 unspecified atom stereocenters. The topological polar surface area (TPSA) is 108 Å². The van der Waals surface area contributed by atoms with Crippen LogP contribution in [0.15, 0.2) is 29.6 Å². The van der Waals surface area contributed by atoms with E-state index in [1.165, 1.54) is 6.07 Å². The van der Waals surface area contributed by atoms with E-state index in [1.807, 2.05) is 0 Å². The van der Waals surface area contributed by atoms with Crippen molar-refractivity contribution in [1.82, 2.24) is 0 Å². The second-order valence-electron chi connectivity index (χ2n) is 4.59. The summed E-state index contributed by atoms with van der Waals surface area (Å²) >= 11 is 1.11. The van der Waals surface area contributed by atoms with Crippen molar-refractivity contribution in [2.75, 3.05) is 18.5 Å². The number of hydrogen-bond acceptors (Lipinski definition) is 7. The van der Waals surface area contributed by atoms with E-state index in [-0.39, 0.29) is 22.9 Å². The fourth-order valence-electron chi connectivity index (χ4n) is 1.84. The molecule has 10 heteroatoms. The first kappa shape index (κ1) is 18.3. The van der Waals surface area contributed by atoms with Crippen LogP contribution in [-0.4, -0.2) is 30.0 Å². The van der Waals surface area contributed by atoms with Gasteiger partial charge >= 0.3 is 11.7 Å². The van der Waals surface area contributed by atoms with Crippen LogP contribution in [0.1, 0.15) is 17.3 Å². The molecule has 0 bridgehead atoms. The molecule has 1 amide bonds. The molecule has 1 N–H and O–H groups in total. The summed E-state index contributed by atoms with van der Waals surface area (Å²) in [5.41, 5.74) is -0.269. The maximum absolute atomic E-state index is 13.2. The van der Waals surface area contributed by atoms with Crippen molar-refractivity contribution >= 4 is 33.9 Å². The quantitative estimate of drug-likeness (QED) is 0.457. The zero-order chi connectivity index (χ0) is 18.4. The van der Waals surface area contributed by atoms with Crippen molar-refractivity contribution in [1.29, 1.82) is 0 Å². The highest BCUT2D eigenvalue weighted by molar-refractivity contribution is 7.14. The lowest BCUT2D eigenvalue weighted by Crippen LogP contribution is -2.21. The monoisotopic (exact) mass is 368 g/mol. The van der Waals surface area contributed by atoms with Crippen LogP contribution in [0, 0.1) is 15.9 Å². The highest BCUT2D eigenvalue weighted by Gasteiger charge is 2.19. The molecule has 132 valence electrons. The van der Waals surface area contributed by atoms with Gasteiger partial charge in [-0.3, -0.25) is 14.9 Å². The van der Waals surface area contributed by atoms with Crippen molar-refractivity contribution < 1.29 is 28.4 Å². The number of halogens is 1. The Hall–Kier alpha value is -3.01. The number of nitro groups is 1. The van der Waals surface area contributed by atoms with Gasteiger partial charge in [0.25, 0.3) is 5.91 Å². The molecular weight excluding hydrogens is 355 g/mol. The minimum absolute atomic E-state index is 0.189. The van der Waals surface area contributed by atoms with Gasteiger partial charge in [0.2, 0.25) is 5.75 Å². The molecule has 0 saturated heterocycles. The molecule has 0 aliphatic rings. The molecule has 2 rings (SSSR count). The summed E-state index contributed by atoms with van der Waals surface area (Å²) in [5.74, 6) is -2.34. The lowest BCUT2D eigenvalue weighted by atomic mass is 10.3. The van der Waals surface area contributed by atoms with Gasteiger partial charge in [-0.2, -0.15) is 0 Å². The van der Waals surface area contributed by atoms with E-state index in [2.05, 4.69) is 5.32 Å². The molecule has 0 saturated carbocycles. The van der Waals surface area contributed by atoms with Gasteiger partial charge < -0.3 is 14.8 Å². The molecule has 0 aliphatic carbocycles. The molecule has 0 aliphatic heterocycles. The molecule has 0 spiro atoms. The first-order valence-corrected chi connectivity index (χ1v) is 7.91. The summed E-state index contributed by atoms with van der Waals surface area (Å²) in [5, 5.41) is 15.2. The van der Waals surface area contributed by atoms with E-state index in [0.29, 0.717) is 0 Å². The molecule has 1 heterocycles. The second kappa shape index (κ2) is 8.20. The number of rotatable bonds is 7. The first-order chi connectivity index (χ1) is 11.9. The lowest BCUT2D eigenvalue weighted by Gasteiger charge is -2.08. The summed E-state index contributed by atoms with van der Waals surface area (Å²) in [7, 11) is 0. The number of nitro benzene ring substituents is 1. The van der Waals surface area contributed by atoms with Crippen molar-refractivity contribution in [2.45, 2.75) is 6.92 Å². The SMILES string of the molecule is CCOC(=O)c1ccsc1NC(=O)COc1cc(F)ccc1[N+](=O)[O-]. The summed E-state index contributed by atoms with van der Waals surface area (Å²) in [6.45, 7) is 1.25. The number of carbonyl (C=O) groups is 2. The molecule has 8 nitrogen and oxygen atoms in total. The summed E-state index contributed by atoms with van der Waals surface area (Å²) in [6.07, 6.45) is 0. The fraction of sp³-hybridized carbons (Fsp3) is 0.200. The third-order valence-corrected chi connectivity index (χ3v) is 3.72. The number of esters is 1. The largest absolute Gasteiger partial charge is 0.477 e. The van der Waals surface area contributed by atoms with Gasteiger partial charge in [0, 0.05) is 12.1 Å². The van der Waals surface area contributed by atoms with Crippen LogP contribution < -0.4 is 10.1 Å². The van der Waals surface area contributed by atoms with Crippen LogP contribution in [0.3, 0.4) is 0 Å². The van der Waals surface area contributed by atoms with Crippen molar-refractivity contribution in [3.05, 3.63) is 51.1 Å². The smallest absolute Gasteiger partial charge is 0.341 e. The zero-order valence-corrected chi connectivity index (χ0v) is 13.8. The molecule has 1 aromatic heterocycles. The van der Waals surface area contributed by atoms with Crippen molar-refractivity contribution in [3.63, 3.8) is 0 Å². The predicted octanol–water partition coefficient (Wildman–Crippen LogP) is 2.99. The Balaban J connectivity index is 2.03. The average Bonchev–Trinajstić information content (AvgIpc) is 3.01. The normalized spacial score (nSPS) is 10.2. The average molecular weight is 368 g/mol. The molecule has 0 radical (unpaired) electrons. The Labute approximate surface area is 145 Å². The molecule has 2 aromatic rings. The Morgan fingerprint density at radius 1 is 1.36 bits per heavy atom. The summed E-state index contributed by atoms with van der Waals surface area (Å²) < 4.78 is 23.1. The van der Waals surface area contributed by atoms with Gasteiger partial charge in [-0.15, -0.1) is 11.3 Å². The first-order valence-electron chi connectivity index (χ1n) is 7.03. The lowest BCUT2D eigenvalue weighted by molar-refractivity contribution is -0.385. The van der Waals surface area contributed by atoms with Crippen LogP contribution in [-0.2, 0) is 9.53 Å². The maximum atomic E-state index is 13.2. The van der Waals surface area contributed by atoms with Crippen LogP contribution >= 0.6 is 11.3 Å². The maximum Gasteiger partial charge on any atom is 0.341 e. The Kier molecular flexibility index (Phi) is 6.01. The van der Waals surface area contributed by atoms with Crippen LogP contribution in [0.2, 0.25) is 0 Å². The third kappa shape index (κ3) is 4.73. The van der Waals surface area contributed by atoms with Crippen molar-refractivity contribution in [3.8, 4) is 5.75 Å². The minimum Gasteiger partial charge on any atom is -0.477 e. The van der Waals surface area contributed by atoms with Gasteiger partial charge in [0.05, 0.1) is 17.1 Å². The predicted molar refractivity (Wildman–Crippen MR) is 87.5 cm³/mol. The molecule has 0 fully saturated rings. The van der Waals surface area contributed by atoms with Crippen LogP contribution in [0.4, 0.5) is 15.1 Å². The standard InChI is InChI=1S/C15H13FN2O6S/c1-2-23-15(20)10-5-6-25-14(10)17-13(19)8-24-12-7-9(16)3-4-11(12)18(21)22/h3-7H,2,8H2,1H3,(H,17,19).